The smallest absolute Gasteiger partial charge is 0.0125 e. The van der Waals surface area contributed by atoms with E-state index in [1.165, 1.54) is 32.4 Å². The molecule has 0 spiro atoms. The second kappa shape index (κ2) is 3.58. The number of rotatable bonds is 1. The lowest BCUT2D eigenvalue weighted by Gasteiger charge is -2.46. The van der Waals surface area contributed by atoms with Crippen LogP contribution in [0.25, 0.3) is 0 Å². The van der Waals surface area contributed by atoms with Crippen LogP contribution in [0.3, 0.4) is 0 Å². The molecule has 0 bridgehead atoms. The van der Waals surface area contributed by atoms with E-state index in [9.17, 15) is 0 Å². The first-order valence-electron chi connectivity index (χ1n) is 5.66. The molecule has 1 aliphatic heterocycles. The predicted octanol–water partition coefficient (Wildman–Crippen LogP) is 1.45. The van der Waals surface area contributed by atoms with E-state index in [1.807, 2.05) is 0 Å². The second-order valence-electron chi connectivity index (χ2n) is 5.12. The van der Waals surface area contributed by atoms with Gasteiger partial charge in [0.2, 0.25) is 0 Å². The van der Waals surface area contributed by atoms with Crippen LogP contribution in [0.1, 0.15) is 33.1 Å². The van der Waals surface area contributed by atoms with E-state index in [1.54, 1.807) is 0 Å². The van der Waals surface area contributed by atoms with Gasteiger partial charge in [-0.1, -0.05) is 13.8 Å². The Bertz CT molecular complexity index is 175. The normalized spacial score (nSPS) is 47.3. The molecular formula is C11H22N2. The molecule has 1 saturated carbocycles. The van der Waals surface area contributed by atoms with Gasteiger partial charge in [0.25, 0.3) is 0 Å². The van der Waals surface area contributed by atoms with Gasteiger partial charge in [0.1, 0.15) is 0 Å². The zero-order valence-corrected chi connectivity index (χ0v) is 8.87. The summed E-state index contributed by atoms with van der Waals surface area (Å²) >= 11 is 0. The summed E-state index contributed by atoms with van der Waals surface area (Å²) in [6.07, 6.45) is 3.86. The highest BCUT2D eigenvalue weighted by molar-refractivity contribution is 4.91. The minimum Gasteiger partial charge on any atom is -0.328 e. The highest BCUT2D eigenvalue weighted by atomic mass is 15.2. The van der Waals surface area contributed by atoms with Gasteiger partial charge in [0.05, 0.1) is 0 Å². The molecule has 2 fully saturated rings. The van der Waals surface area contributed by atoms with Gasteiger partial charge < -0.3 is 5.73 Å². The number of nitrogens with zero attached hydrogens (tertiary/aromatic N) is 1. The van der Waals surface area contributed by atoms with E-state index in [4.69, 9.17) is 5.73 Å². The van der Waals surface area contributed by atoms with Crippen molar-refractivity contribution >= 4 is 0 Å². The summed E-state index contributed by atoms with van der Waals surface area (Å²) in [7, 11) is 0. The third-order valence-electron chi connectivity index (χ3n) is 4.03. The Morgan fingerprint density at radius 2 is 1.85 bits per heavy atom. The van der Waals surface area contributed by atoms with E-state index in [0.717, 1.165) is 17.9 Å². The summed E-state index contributed by atoms with van der Waals surface area (Å²) < 4.78 is 0. The molecule has 76 valence electrons. The Labute approximate surface area is 81.5 Å². The Kier molecular flexibility index (Phi) is 2.61. The predicted molar refractivity (Wildman–Crippen MR) is 55.5 cm³/mol. The van der Waals surface area contributed by atoms with Crippen LogP contribution in [0.4, 0.5) is 0 Å². The average Bonchev–Trinajstić information content (AvgIpc) is 2.05. The Hall–Kier alpha value is -0.0800. The van der Waals surface area contributed by atoms with Gasteiger partial charge in [-0.25, -0.2) is 0 Å². The fraction of sp³-hybridized carbons (Fsp3) is 1.00. The number of hydrogen-bond donors (Lipinski definition) is 1. The van der Waals surface area contributed by atoms with Gasteiger partial charge in [0.15, 0.2) is 0 Å². The quantitative estimate of drug-likeness (QED) is 0.665. The SMILES string of the molecule is CC1CCN(C2CC(N)C2)CC1C. The fourth-order valence-electron chi connectivity index (χ4n) is 2.55. The van der Waals surface area contributed by atoms with Crippen molar-refractivity contribution in [1.82, 2.24) is 4.90 Å². The van der Waals surface area contributed by atoms with Crippen molar-refractivity contribution in [2.24, 2.45) is 17.6 Å². The van der Waals surface area contributed by atoms with Gasteiger partial charge in [-0.2, -0.15) is 0 Å². The van der Waals surface area contributed by atoms with Crippen LogP contribution in [0.15, 0.2) is 0 Å². The van der Waals surface area contributed by atoms with Crippen molar-refractivity contribution in [3.05, 3.63) is 0 Å². The number of piperidine rings is 1. The minimum atomic E-state index is 0.500. The zero-order valence-electron chi connectivity index (χ0n) is 8.87. The van der Waals surface area contributed by atoms with Crippen molar-refractivity contribution in [1.29, 1.82) is 0 Å². The van der Waals surface area contributed by atoms with Crippen molar-refractivity contribution < 1.29 is 0 Å². The maximum Gasteiger partial charge on any atom is 0.0125 e. The summed E-state index contributed by atoms with van der Waals surface area (Å²) in [5.41, 5.74) is 5.81. The van der Waals surface area contributed by atoms with E-state index in [2.05, 4.69) is 18.7 Å². The molecule has 1 aliphatic carbocycles. The van der Waals surface area contributed by atoms with Crippen LogP contribution in [-0.4, -0.2) is 30.1 Å². The highest BCUT2D eigenvalue weighted by Crippen LogP contribution is 2.30. The Morgan fingerprint density at radius 3 is 2.38 bits per heavy atom. The first-order valence-corrected chi connectivity index (χ1v) is 5.66. The maximum atomic E-state index is 5.81. The first kappa shape index (κ1) is 9.47. The molecule has 0 radical (unpaired) electrons. The van der Waals surface area contributed by atoms with Crippen molar-refractivity contribution in [3.8, 4) is 0 Å². The van der Waals surface area contributed by atoms with Gasteiger partial charge in [-0.05, 0) is 37.6 Å². The van der Waals surface area contributed by atoms with Gasteiger partial charge in [-0.3, -0.25) is 4.90 Å². The Morgan fingerprint density at radius 1 is 1.15 bits per heavy atom. The molecule has 0 amide bonds. The molecule has 2 atom stereocenters. The molecule has 2 unspecified atom stereocenters. The summed E-state index contributed by atoms with van der Waals surface area (Å²) in [6.45, 7) is 7.38. The molecule has 2 rings (SSSR count). The summed E-state index contributed by atoms with van der Waals surface area (Å²) in [5, 5.41) is 0. The number of likely N-dealkylation sites (tertiary alicyclic amines) is 1. The molecule has 2 nitrogen and oxygen atoms in total. The van der Waals surface area contributed by atoms with E-state index >= 15 is 0 Å². The maximum absolute atomic E-state index is 5.81. The molecule has 0 aromatic rings. The monoisotopic (exact) mass is 182 g/mol. The molecule has 2 aliphatic rings. The van der Waals surface area contributed by atoms with Crippen molar-refractivity contribution in [2.75, 3.05) is 13.1 Å². The fourth-order valence-corrected chi connectivity index (χ4v) is 2.55. The van der Waals surface area contributed by atoms with Gasteiger partial charge in [-0.15, -0.1) is 0 Å². The van der Waals surface area contributed by atoms with Crippen LogP contribution < -0.4 is 5.73 Å². The van der Waals surface area contributed by atoms with E-state index < -0.39 is 0 Å². The molecule has 0 aromatic carbocycles. The molecule has 2 heteroatoms. The van der Waals surface area contributed by atoms with Crippen LogP contribution >= 0.6 is 0 Å². The topological polar surface area (TPSA) is 29.3 Å². The van der Waals surface area contributed by atoms with E-state index in [-0.39, 0.29) is 0 Å². The number of hydrogen-bond acceptors (Lipinski definition) is 2. The average molecular weight is 182 g/mol. The molecule has 1 heterocycles. The second-order valence-corrected chi connectivity index (χ2v) is 5.12. The lowest BCUT2D eigenvalue weighted by atomic mass is 9.82. The highest BCUT2D eigenvalue weighted by Gasteiger charge is 2.34. The first-order chi connectivity index (χ1) is 6.16. The molecular weight excluding hydrogens is 160 g/mol. The van der Waals surface area contributed by atoms with Crippen molar-refractivity contribution in [3.63, 3.8) is 0 Å². The third kappa shape index (κ3) is 1.89. The third-order valence-corrected chi connectivity index (χ3v) is 4.03. The molecule has 2 N–H and O–H groups in total. The molecule has 0 aromatic heterocycles. The summed E-state index contributed by atoms with van der Waals surface area (Å²) in [4.78, 5) is 2.66. The van der Waals surface area contributed by atoms with Gasteiger partial charge >= 0.3 is 0 Å². The standard InChI is InChI=1S/C11H22N2/c1-8-3-4-13(7-9(8)2)11-5-10(12)6-11/h8-11H,3-7,12H2,1-2H3. The lowest BCUT2D eigenvalue weighted by Crippen LogP contribution is -2.54. The molecule has 13 heavy (non-hydrogen) atoms. The van der Waals surface area contributed by atoms with E-state index in [0.29, 0.717) is 6.04 Å². The van der Waals surface area contributed by atoms with Crippen LogP contribution in [0.2, 0.25) is 0 Å². The van der Waals surface area contributed by atoms with Gasteiger partial charge in [0, 0.05) is 18.6 Å². The van der Waals surface area contributed by atoms with Crippen molar-refractivity contribution in [2.45, 2.75) is 45.2 Å². The largest absolute Gasteiger partial charge is 0.328 e. The Balaban J connectivity index is 1.82. The minimum absolute atomic E-state index is 0.500. The summed E-state index contributed by atoms with van der Waals surface area (Å²) in [5.74, 6) is 1.80. The molecule has 1 saturated heterocycles. The zero-order chi connectivity index (χ0) is 9.42. The van der Waals surface area contributed by atoms with Crippen LogP contribution in [0.5, 0.6) is 0 Å². The number of nitrogens with two attached hydrogens (primary N) is 1. The summed E-state index contributed by atoms with van der Waals surface area (Å²) in [6, 6.07) is 1.32. The van der Waals surface area contributed by atoms with Crippen LogP contribution in [-0.2, 0) is 0 Å². The lowest BCUT2D eigenvalue weighted by molar-refractivity contribution is 0.0486. The van der Waals surface area contributed by atoms with Crippen LogP contribution in [0, 0.1) is 11.8 Å².